The third-order valence-electron chi connectivity index (χ3n) is 3.31. The van der Waals surface area contributed by atoms with E-state index in [-0.39, 0.29) is 18.0 Å². The second-order valence-electron chi connectivity index (χ2n) is 4.45. The Kier molecular flexibility index (Phi) is 4.37. The average Bonchev–Trinajstić information content (AvgIpc) is 2.40. The predicted molar refractivity (Wildman–Crippen MR) is 73.1 cm³/mol. The molecule has 98 valence electrons. The van der Waals surface area contributed by atoms with Gasteiger partial charge in [-0.2, -0.15) is 0 Å². The van der Waals surface area contributed by atoms with Crippen LogP contribution in [0.1, 0.15) is 18.4 Å². The Morgan fingerprint density at radius 2 is 1.94 bits per heavy atom. The number of nitrogens with two attached hydrogens (primary N) is 1. The van der Waals surface area contributed by atoms with E-state index >= 15 is 0 Å². The summed E-state index contributed by atoms with van der Waals surface area (Å²) in [7, 11) is 0. The lowest BCUT2D eigenvalue weighted by Gasteiger charge is -2.38. The van der Waals surface area contributed by atoms with E-state index in [0.717, 1.165) is 22.9 Å². The number of carbonyl (C=O) groups excluding carboxylic acids is 1. The van der Waals surface area contributed by atoms with Gasteiger partial charge in [0.25, 0.3) is 0 Å². The number of rotatable bonds is 3. The predicted octanol–water partition coefficient (Wildman–Crippen LogP) is 1.53. The van der Waals surface area contributed by atoms with Crippen LogP contribution in [0.4, 0.5) is 0 Å². The highest BCUT2D eigenvalue weighted by atomic mass is 79.9. The summed E-state index contributed by atoms with van der Waals surface area (Å²) < 4.78 is 6.42. The number of carbonyl (C=O) groups is 1. The zero-order valence-electron chi connectivity index (χ0n) is 10.1. The molecule has 0 saturated carbocycles. The van der Waals surface area contributed by atoms with Gasteiger partial charge >= 0.3 is 0 Å². The van der Waals surface area contributed by atoms with Crippen molar-refractivity contribution in [1.82, 2.24) is 5.32 Å². The molecule has 1 aromatic rings. The molecule has 1 amide bonds. The molecule has 0 bridgehead atoms. The van der Waals surface area contributed by atoms with E-state index < -0.39 is 0 Å². The maximum absolute atomic E-state index is 11.6. The summed E-state index contributed by atoms with van der Waals surface area (Å²) in [5.41, 5.74) is 6.17. The first-order chi connectivity index (χ1) is 8.66. The minimum absolute atomic E-state index is 0.0130. The van der Waals surface area contributed by atoms with E-state index in [2.05, 4.69) is 21.2 Å². The molecule has 4 nitrogen and oxygen atoms in total. The first-order valence-electron chi connectivity index (χ1n) is 6.01. The lowest BCUT2D eigenvalue weighted by atomic mass is 9.82. The Morgan fingerprint density at radius 3 is 2.50 bits per heavy atom. The quantitative estimate of drug-likeness (QED) is 0.889. The monoisotopic (exact) mass is 312 g/mol. The average molecular weight is 313 g/mol. The van der Waals surface area contributed by atoms with Crippen LogP contribution < -0.4 is 11.1 Å². The molecule has 0 aromatic heterocycles. The molecule has 1 aliphatic heterocycles. The molecule has 0 radical (unpaired) electrons. The first kappa shape index (κ1) is 13.5. The van der Waals surface area contributed by atoms with Crippen molar-refractivity contribution in [3.63, 3.8) is 0 Å². The molecule has 3 N–H and O–H groups in total. The highest BCUT2D eigenvalue weighted by Gasteiger charge is 2.35. The standard InChI is InChI=1S/C13H17BrN2O2/c14-11-3-1-10(2-4-11)13(16-12(17)9-15)5-7-18-8-6-13/h1-4H,5-9,15H2,(H,16,17). The first-order valence-corrected chi connectivity index (χ1v) is 6.80. The Morgan fingerprint density at radius 1 is 1.33 bits per heavy atom. The Hall–Kier alpha value is -0.910. The summed E-state index contributed by atoms with van der Waals surface area (Å²) in [5.74, 6) is -0.125. The van der Waals surface area contributed by atoms with Gasteiger partial charge < -0.3 is 15.8 Å². The van der Waals surface area contributed by atoms with Crippen molar-refractivity contribution >= 4 is 21.8 Å². The van der Waals surface area contributed by atoms with Gasteiger partial charge in [-0.3, -0.25) is 4.79 Å². The van der Waals surface area contributed by atoms with Gasteiger partial charge in [-0.05, 0) is 30.5 Å². The minimum atomic E-state index is -0.338. The van der Waals surface area contributed by atoms with Crippen molar-refractivity contribution in [1.29, 1.82) is 0 Å². The fourth-order valence-electron chi connectivity index (χ4n) is 2.29. The number of amides is 1. The number of nitrogens with one attached hydrogen (secondary N) is 1. The number of hydrogen-bond acceptors (Lipinski definition) is 3. The van der Waals surface area contributed by atoms with Crippen molar-refractivity contribution in [3.05, 3.63) is 34.3 Å². The summed E-state index contributed by atoms with van der Waals surface area (Å²) in [5, 5.41) is 3.06. The van der Waals surface area contributed by atoms with Gasteiger partial charge in [-0.25, -0.2) is 0 Å². The molecule has 1 aliphatic rings. The lowest BCUT2D eigenvalue weighted by Crippen LogP contribution is -2.51. The van der Waals surface area contributed by atoms with Crippen molar-refractivity contribution in [2.24, 2.45) is 5.73 Å². The molecule has 1 fully saturated rings. The molecule has 0 aliphatic carbocycles. The van der Waals surface area contributed by atoms with E-state index in [0.29, 0.717) is 13.2 Å². The van der Waals surface area contributed by atoms with Crippen molar-refractivity contribution in [3.8, 4) is 0 Å². The zero-order chi connectivity index (χ0) is 13.0. The third kappa shape index (κ3) is 2.91. The van der Waals surface area contributed by atoms with Gasteiger partial charge in [-0.15, -0.1) is 0 Å². The zero-order valence-corrected chi connectivity index (χ0v) is 11.7. The fourth-order valence-corrected chi connectivity index (χ4v) is 2.56. The van der Waals surface area contributed by atoms with Crippen LogP contribution in [0.3, 0.4) is 0 Å². The van der Waals surface area contributed by atoms with Crippen LogP contribution in [-0.2, 0) is 15.1 Å². The van der Waals surface area contributed by atoms with E-state index in [1.54, 1.807) is 0 Å². The van der Waals surface area contributed by atoms with Crippen LogP contribution in [0.5, 0.6) is 0 Å². The van der Waals surface area contributed by atoms with E-state index in [4.69, 9.17) is 10.5 Å². The SMILES string of the molecule is NCC(=O)NC1(c2ccc(Br)cc2)CCOCC1. The van der Waals surface area contributed by atoms with Crippen LogP contribution in [0, 0.1) is 0 Å². The van der Waals surface area contributed by atoms with Crippen LogP contribution >= 0.6 is 15.9 Å². The van der Waals surface area contributed by atoms with Crippen LogP contribution in [-0.4, -0.2) is 25.7 Å². The highest BCUT2D eigenvalue weighted by Crippen LogP contribution is 2.32. The molecule has 1 aromatic carbocycles. The summed E-state index contributed by atoms with van der Waals surface area (Å²) in [4.78, 5) is 11.6. The summed E-state index contributed by atoms with van der Waals surface area (Å²) in [6.07, 6.45) is 1.56. The fraction of sp³-hybridized carbons (Fsp3) is 0.462. The van der Waals surface area contributed by atoms with Crippen LogP contribution in [0.2, 0.25) is 0 Å². The van der Waals surface area contributed by atoms with Gasteiger partial charge in [0.15, 0.2) is 0 Å². The van der Waals surface area contributed by atoms with E-state index in [1.165, 1.54) is 0 Å². The normalized spacial score (nSPS) is 18.3. The highest BCUT2D eigenvalue weighted by molar-refractivity contribution is 9.10. The van der Waals surface area contributed by atoms with E-state index in [1.807, 2.05) is 24.3 Å². The number of ether oxygens (including phenoxy) is 1. The molecular weight excluding hydrogens is 296 g/mol. The van der Waals surface area contributed by atoms with Gasteiger partial charge in [0, 0.05) is 17.7 Å². The van der Waals surface area contributed by atoms with Gasteiger partial charge in [0.05, 0.1) is 12.1 Å². The number of hydrogen-bond donors (Lipinski definition) is 2. The van der Waals surface area contributed by atoms with Crippen LogP contribution in [0.15, 0.2) is 28.7 Å². The second-order valence-corrected chi connectivity index (χ2v) is 5.37. The van der Waals surface area contributed by atoms with Gasteiger partial charge in [0.2, 0.25) is 5.91 Å². The number of halogens is 1. The van der Waals surface area contributed by atoms with Gasteiger partial charge in [0.1, 0.15) is 0 Å². The molecular formula is C13H17BrN2O2. The Labute approximate surface area is 115 Å². The van der Waals surface area contributed by atoms with Crippen molar-refractivity contribution in [2.75, 3.05) is 19.8 Å². The van der Waals surface area contributed by atoms with Gasteiger partial charge in [-0.1, -0.05) is 28.1 Å². The molecule has 0 unspecified atom stereocenters. The Bertz CT molecular complexity index is 414. The lowest BCUT2D eigenvalue weighted by molar-refractivity contribution is -0.123. The maximum Gasteiger partial charge on any atom is 0.234 e. The summed E-state index contributed by atoms with van der Waals surface area (Å²) in [6.45, 7) is 1.32. The molecule has 1 heterocycles. The largest absolute Gasteiger partial charge is 0.381 e. The Balaban J connectivity index is 2.28. The molecule has 18 heavy (non-hydrogen) atoms. The molecule has 5 heteroatoms. The van der Waals surface area contributed by atoms with Crippen LogP contribution in [0.25, 0.3) is 0 Å². The summed E-state index contributed by atoms with van der Waals surface area (Å²) in [6, 6.07) is 8.04. The maximum atomic E-state index is 11.6. The topological polar surface area (TPSA) is 64.4 Å². The molecule has 0 spiro atoms. The summed E-state index contributed by atoms with van der Waals surface area (Å²) >= 11 is 3.42. The number of benzene rings is 1. The molecule has 2 rings (SSSR count). The van der Waals surface area contributed by atoms with E-state index in [9.17, 15) is 4.79 Å². The smallest absolute Gasteiger partial charge is 0.234 e. The van der Waals surface area contributed by atoms with Crippen molar-refractivity contribution < 1.29 is 9.53 Å². The second kappa shape index (κ2) is 5.82. The third-order valence-corrected chi connectivity index (χ3v) is 3.84. The molecule has 1 saturated heterocycles. The minimum Gasteiger partial charge on any atom is -0.381 e. The molecule has 0 atom stereocenters. The van der Waals surface area contributed by atoms with Crippen molar-refractivity contribution in [2.45, 2.75) is 18.4 Å².